The summed E-state index contributed by atoms with van der Waals surface area (Å²) in [5.41, 5.74) is -1.81. The van der Waals surface area contributed by atoms with Crippen molar-refractivity contribution in [2.24, 2.45) is 21.3 Å². The Hall–Kier alpha value is -2.08. The van der Waals surface area contributed by atoms with Gasteiger partial charge >= 0.3 is 12.4 Å². The Morgan fingerprint density at radius 2 is 1.67 bits per heavy atom. The monoisotopic (exact) mass is 348 g/mol. The van der Waals surface area contributed by atoms with Crippen molar-refractivity contribution in [3.05, 3.63) is 42.0 Å². The molecule has 2 rings (SSSR count). The molecule has 1 aliphatic rings. The third-order valence-corrected chi connectivity index (χ3v) is 4.20. The number of hydrogen-bond acceptors (Lipinski definition) is 2. The van der Waals surface area contributed by atoms with Gasteiger partial charge in [0.1, 0.15) is 0 Å². The molecule has 0 spiro atoms. The van der Waals surface area contributed by atoms with E-state index >= 15 is 0 Å². The van der Waals surface area contributed by atoms with E-state index < -0.39 is 35.3 Å². The highest BCUT2D eigenvalue weighted by atomic mass is 19.4. The molecule has 0 saturated heterocycles. The van der Waals surface area contributed by atoms with Crippen molar-refractivity contribution in [1.29, 1.82) is 0 Å². The van der Waals surface area contributed by atoms with E-state index in [4.69, 9.17) is 0 Å². The van der Waals surface area contributed by atoms with Crippen molar-refractivity contribution in [3.63, 3.8) is 0 Å². The molecular weight excluding hydrogens is 334 g/mol. The van der Waals surface area contributed by atoms with Gasteiger partial charge in [-0.1, -0.05) is 19.1 Å². The van der Waals surface area contributed by atoms with E-state index in [0.717, 1.165) is 30.3 Å². The van der Waals surface area contributed by atoms with Gasteiger partial charge in [0, 0.05) is 5.41 Å². The van der Waals surface area contributed by atoms with Crippen LogP contribution in [0, 0.1) is 11.3 Å². The zero-order chi connectivity index (χ0) is 18.2. The quantitative estimate of drug-likeness (QED) is 0.383. The molecule has 0 aromatic heterocycles. The number of allylic oxidation sites excluding steroid dienone is 1. The summed E-state index contributed by atoms with van der Waals surface area (Å²) in [6, 6.07) is 5.54. The normalized spacial score (nSPS) is 24.8. The van der Waals surface area contributed by atoms with Crippen molar-refractivity contribution in [1.82, 2.24) is 0 Å². The van der Waals surface area contributed by atoms with Gasteiger partial charge in [-0.3, -0.25) is 0 Å². The highest BCUT2D eigenvalue weighted by Gasteiger charge is 2.55. The molecule has 1 aromatic carbocycles. The van der Waals surface area contributed by atoms with Crippen LogP contribution in [-0.4, -0.2) is 18.2 Å². The second kappa shape index (κ2) is 6.09. The lowest BCUT2D eigenvalue weighted by molar-refractivity contribution is -0.192. The Bertz CT molecular complexity index is 680. The van der Waals surface area contributed by atoms with Crippen LogP contribution in [-0.2, 0) is 6.18 Å². The van der Waals surface area contributed by atoms with Crippen LogP contribution in [0.4, 0.5) is 32.0 Å². The molecule has 1 aliphatic carbocycles. The zero-order valence-electron chi connectivity index (χ0n) is 12.8. The maximum atomic E-state index is 12.8. The lowest BCUT2D eigenvalue weighted by atomic mass is 9.64. The van der Waals surface area contributed by atoms with Crippen molar-refractivity contribution in [2.75, 3.05) is 0 Å². The fraction of sp³-hybridized carbons (Fsp3) is 0.438. The summed E-state index contributed by atoms with van der Waals surface area (Å²) in [4.78, 5) is 7.60. The summed E-state index contributed by atoms with van der Waals surface area (Å²) in [5.74, 6) is -1.59. The molecule has 3 atom stereocenters. The first kappa shape index (κ1) is 18.3. The zero-order valence-corrected chi connectivity index (χ0v) is 12.8. The Labute approximate surface area is 134 Å². The van der Waals surface area contributed by atoms with Crippen LogP contribution >= 0.6 is 0 Å². The van der Waals surface area contributed by atoms with Gasteiger partial charge in [-0.15, -0.1) is 0 Å². The standard InChI is InChI=1S/C16H14F6N2/c1-10(14(2)8-7-13(14)16(20,21)22)23-9-24-12-5-3-11(4-6-12)15(17,18)19/h3-8,10,13H,1-2H3/t10-,13?,14+/m1/s1. The molecule has 0 heterocycles. The number of hydrogen-bond donors (Lipinski definition) is 0. The Kier molecular flexibility index (Phi) is 4.63. The molecule has 0 aliphatic heterocycles. The summed E-state index contributed by atoms with van der Waals surface area (Å²) < 4.78 is 75.8. The van der Waals surface area contributed by atoms with Crippen LogP contribution in [0.15, 0.2) is 46.4 Å². The van der Waals surface area contributed by atoms with Gasteiger partial charge in [-0.05, 0) is 31.2 Å². The number of alkyl halides is 6. The van der Waals surface area contributed by atoms with Gasteiger partial charge in [0.05, 0.1) is 29.2 Å². The van der Waals surface area contributed by atoms with Crippen LogP contribution in [0.1, 0.15) is 19.4 Å². The van der Waals surface area contributed by atoms with Crippen LogP contribution in [0.3, 0.4) is 0 Å². The molecule has 0 N–H and O–H groups in total. The summed E-state index contributed by atoms with van der Waals surface area (Å²) in [6.07, 6.45) is -6.27. The highest BCUT2D eigenvalue weighted by Crippen LogP contribution is 2.51. The minimum Gasteiger partial charge on any atom is -0.221 e. The van der Waals surface area contributed by atoms with E-state index in [1.807, 2.05) is 0 Å². The minimum atomic E-state index is -4.44. The predicted octanol–water partition coefficient (Wildman–Crippen LogP) is 5.65. The molecule has 1 aromatic rings. The largest absolute Gasteiger partial charge is 0.416 e. The summed E-state index contributed by atoms with van der Waals surface area (Å²) in [7, 11) is 0. The average molecular weight is 348 g/mol. The minimum absolute atomic E-state index is 0.181. The molecule has 0 saturated carbocycles. The third kappa shape index (κ3) is 3.70. The van der Waals surface area contributed by atoms with Gasteiger partial charge in [0.15, 0.2) is 0 Å². The fourth-order valence-corrected chi connectivity index (χ4v) is 2.39. The number of benzene rings is 1. The summed E-state index contributed by atoms with van der Waals surface area (Å²) >= 11 is 0. The molecule has 0 amide bonds. The highest BCUT2D eigenvalue weighted by molar-refractivity contribution is 5.53. The van der Waals surface area contributed by atoms with Gasteiger partial charge in [0.2, 0.25) is 0 Å². The molecular formula is C16H14F6N2. The Balaban J connectivity index is 2.10. The third-order valence-electron chi connectivity index (χ3n) is 4.20. The lowest BCUT2D eigenvalue weighted by Crippen LogP contribution is -2.47. The summed E-state index contributed by atoms with van der Waals surface area (Å²) in [5, 5.41) is 0. The first-order valence-corrected chi connectivity index (χ1v) is 7.03. The topological polar surface area (TPSA) is 24.7 Å². The van der Waals surface area contributed by atoms with E-state index in [1.165, 1.54) is 19.9 Å². The smallest absolute Gasteiger partial charge is 0.221 e. The molecule has 130 valence electrons. The van der Waals surface area contributed by atoms with Crippen LogP contribution in [0.25, 0.3) is 0 Å². The SMILES string of the molecule is C[C@@H](N=C=Nc1ccc(C(F)(F)F)cc1)[C@]1(C)C=CC1C(F)(F)F. The van der Waals surface area contributed by atoms with E-state index in [1.54, 1.807) is 0 Å². The predicted molar refractivity (Wildman–Crippen MR) is 77.2 cm³/mol. The Morgan fingerprint density at radius 3 is 2.08 bits per heavy atom. The molecule has 1 unspecified atom stereocenters. The molecule has 24 heavy (non-hydrogen) atoms. The van der Waals surface area contributed by atoms with Crippen molar-refractivity contribution in [3.8, 4) is 0 Å². The second-order valence-electron chi connectivity index (χ2n) is 5.81. The lowest BCUT2D eigenvalue weighted by Gasteiger charge is -2.43. The molecule has 8 heteroatoms. The number of halogens is 6. The first-order chi connectivity index (χ1) is 10.9. The number of rotatable bonds is 3. The van der Waals surface area contributed by atoms with E-state index in [2.05, 4.69) is 16.0 Å². The van der Waals surface area contributed by atoms with Crippen molar-refractivity contribution in [2.45, 2.75) is 32.2 Å². The van der Waals surface area contributed by atoms with Crippen LogP contribution in [0.5, 0.6) is 0 Å². The van der Waals surface area contributed by atoms with E-state index in [0.29, 0.717) is 0 Å². The first-order valence-electron chi connectivity index (χ1n) is 7.03. The second-order valence-corrected chi connectivity index (χ2v) is 5.81. The molecule has 2 nitrogen and oxygen atoms in total. The number of nitrogens with zero attached hydrogens (tertiary/aromatic N) is 2. The van der Waals surface area contributed by atoms with E-state index in [-0.39, 0.29) is 5.69 Å². The maximum Gasteiger partial charge on any atom is 0.416 e. The van der Waals surface area contributed by atoms with Gasteiger partial charge in [-0.25, -0.2) is 4.99 Å². The molecule has 0 bridgehead atoms. The van der Waals surface area contributed by atoms with Gasteiger partial charge in [0.25, 0.3) is 0 Å². The van der Waals surface area contributed by atoms with Gasteiger partial charge in [-0.2, -0.15) is 31.3 Å². The average Bonchev–Trinajstić information content (AvgIpc) is 2.43. The van der Waals surface area contributed by atoms with Crippen LogP contribution < -0.4 is 0 Å². The summed E-state index contributed by atoms with van der Waals surface area (Å²) in [6.45, 7) is 2.95. The fourth-order valence-electron chi connectivity index (χ4n) is 2.39. The Morgan fingerprint density at radius 1 is 1.08 bits per heavy atom. The van der Waals surface area contributed by atoms with E-state index in [9.17, 15) is 26.3 Å². The van der Waals surface area contributed by atoms with Crippen molar-refractivity contribution >= 4 is 11.7 Å². The maximum absolute atomic E-state index is 12.8. The van der Waals surface area contributed by atoms with Gasteiger partial charge < -0.3 is 0 Å². The van der Waals surface area contributed by atoms with Crippen molar-refractivity contribution < 1.29 is 26.3 Å². The van der Waals surface area contributed by atoms with Crippen LogP contribution in [0.2, 0.25) is 0 Å². The number of aliphatic imine (C=N–C) groups is 2. The molecule has 0 fully saturated rings. The molecule has 0 radical (unpaired) electrons.